The van der Waals surface area contributed by atoms with Crippen molar-refractivity contribution in [3.8, 4) is 11.5 Å². The summed E-state index contributed by atoms with van der Waals surface area (Å²) in [6.45, 7) is 2.14. The summed E-state index contributed by atoms with van der Waals surface area (Å²) in [4.78, 5) is 0. The first-order valence-electron chi connectivity index (χ1n) is 5.88. The van der Waals surface area contributed by atoms with Gasteiger partial charge in [-0.2, -0.15) is 0 Å². The molecule has 0 saturated carbocycles. The van der Waals surface area contributed by atoms with Crippen molar-refractivity contribution in [3.63, 3.8) is 0 Å². The van der Waals surface area contributed by atoms with Crippen molar-refractivity contribution in [3.05, 3.63) is 17.7 Å². The third kappa shape index (κ3) is 1.95. The van der Waals surface area contributed by atoms with Gasteiger partial charge in [-0.05, 0) is 11.6 Å². The molecule has 96 valence electrons. The molecule has 0 spiro atoms. The van der Waals surface area contributed by atoms with E-state index in [2.05, 4.69) is 5.32 Å². The molecule has 18 heavy (non-hydrogen) atoms. The van der Waals surface area contributed by atoms with Gasteiger partial charge in [-0.3, -0.25) is 0 Å². The zero-order valence-electron chi connectivity index (χ0n) is 9.76. The van der Waals surface area contributed by atoms with E-state index in [0.717, 1.165) is 12.1 Å². The van der Waals surface area contributed by atoms with Crippen LogP contribution in [0.2, 0.25) is 0 Å². The van der Waals surface area contributed by atoms with Crippen LogP contribution in [-0.2, 0) is 4.74 Å². The second kappa shape index (κ2) is 4.77. The van der Waals surface area contributed by atoms with Crippen molar-refractivity contribution >= 4 is 12.6 Å². The van der Waals surface area contributed by atoms with E-state index in [9.17, 15) is 10.0 Å². The number of hydrogen-bond donors (Lipinski definition) is 3. The van der Waals surface area contributed by atoms with Crippen molar-refractivity contribution in [2.75, 3.05) is 26.5 Å². The van der Waals surface area contributed by atoms with E-state index in [1.807, 2.05) is 0 Å². The largest absolute Gasteiger partial charge is 0.492 e. The maximum absolute atomic E-state index is 9.54. The topological polar surface area (TPSA) is 80.2 Å². The van der Waals surface area contributed by atoms with Crippen molar-refractivity contribution in [2.45, 2.75) is 6.10 Å². The number of rotatable bonds is 2. The van der Waals surface area contributed by atoms with Gasteiger partial charge in [0.15, 0.2) is 11.5 Å². The van der Waals surface area contributed by atoms with Gasteiger partial charge in [-0.15, -0.1) is 0 Å². The highest BCUT2D eigenvalue weighted by Crippen LogP contribution is 2.33. The Morgan fingerprint density at radius 1 is 1.28 bits per heavy atom. The molecule has 0 amide bonds. The Hall–Kier alpha value is -1.28. The Morgan fingerprint density at radius 3 is 2.89 bits per heavy atom. The molecule has 0 bridgehead atoms. The summed E-state index contributed by atoms with van der Waals surface area (Å²) in [5, 5.41) is 22.3. The minimum Gasteiger partial charge on any atom is -0.454 e. The van der Waals surface area contributed by atoms with Crippen molar-refractivity contribution in [2.24, 2.45) is 0 Å². The maximum atomic E-state index is 9.54. The molecular weight excluding hydrogens is 237 g/mol. The Bertz CT molecular complexity index is 447. The number of benzene rings is 1. The molecule has 2 aliphatic rings. The normalized spacial score (nSPS) is 22.0. The van der Waals surface area contributed by atoms with Crippen LogP contribution in [0.15, 0.2) is 12.1 Å². The van der Waals surface area contributed by atoms with Crippen LogP contribution in [-0.4, -0.2) is 43.7 Å². The lowest BCUT2D eigenvalue weighted by Gasteiger charge is -2.26. The third-order valence-corrected chi connectivity index (χ3v) is 3.14. The summed E-state index contributed by atoms with van der Waals surface area (Å²) in [5.74, 6) is 0.933. The third-order valence-electron chi connectivity index (χ3n) is 3.14. The highest BCUT2D eigenvalue weighted by Gasteiger charge is 2.31. The smallest absolute Gasteiger partial charge is 0.454 e. The average Bonchev–Trinajstić information content (AvgIpc) is 2.86. The van der Waals surface area contributed by atoms with E-state index >= 15 is 0 Å². The average molecular weight is 251 g/mol. The number of fused-ring (bicyclic) bond motifs is 1. The molecule has 1 atom stereocenters. The predicted molar refractivity (Wildman–Crippen MR) is 64.0 cm³/mol. The van der Waals surface area contributed by atoms with Gasteiger partial charge in [0.05, 0.1) is 12.7 Å². The molecule has 3 N–H and O–H groups in total. The SMILES string of the molecule is OB(O)c1c(C2CNCCO2)ccc2c1OCO2. The molecule has 2 aliphatic heterocycles. The fourth-order valence-corrected chi connectivity index (χ4v) is 2.32. The first-order valence-corrected chi connectivity index (χ1v) is 5.88. The standard InChI is InChI=1S/C11H14BNO5/c14-12(15)10-7(9-5-13-3-4-16-9)1-2-8-11(10)18-6-17-8/h1-2,9,13-15H,3-6H2. The van der Waals surface area contributed by atoms with Crippen molar-refractivity contribution in [1.29, 1.82) is 0 Å². The van der Waals surface area contributed by atoms with E-state index in [1.165, 1.54) is 0 Å². The molecule has 6 nitrogen and oxygen atoms in total. The van der Waals surface area contributed by atoms with E-state index < -0.39 is 7.12 Å². The number of hydrogen-bond acceptors (Lipinski definition) is 6. The lowest BCUT2D eigenvalue weighted by molar-refractivity contribution is 0.0281. The second-order valence-corrected chi connectivity index (χ2v) is 4.24. The van der Waals surface area contributed by atoms with Gasteiger partial charge >= 0.3 is 7.12 Å². The fourth-order valence-electron chi connectivity index (χ4n) is 2.32. The van der Waals surface area contributed by atoms with Crippen molar-refractivity contribution in [1.82, 2.24) is 5.32 Å². The summed E-state index contributed by atoms with van der Waals surface area (Å²) in [6, 6.07) is 3.56. The highest BCUT2D eigenvalue weighted by molar-refractivity contribution is 6.60. The molecule has 7 heteroatoms. The van der Waals surface area contributed by atoms with Crippen LogP contribution in [0, 0.1) is 0 Å². The summed E-state index contributed by atoms with van der Waals surface area (Å²) in [5.41, 5.74) is 1.06. The Labute approximate surface area is 105 Å². The van der Waals surface area contributed by atoms with Crippen LogP contribution < -0.4 is 20.3 Å². The zero-order valence-corrected chi connectivity index (χ0v) is 9.76. The van der Waals surface area contributed by atoms with Crippen LogP contribution in [0.5, 0.6) is 11.5 Å². The molecule has 1 saturated heterocycles. The Morgan fingerprint density at radius 2 is 2.17 bits per heavy atom. The van der Waals surface area contributed by atoms with Crippen LogP contribution in [0.3, 0.4) is 0 Å². The van der Waals surface area contributed by atoms with Gasteiger partial charge in [0.1, 0.15) is 0 Å². The monoisotopic (exact) mass is 251 g/mol. The van der Waals surface area contributed by atoms with Gasteiger partial charge < -0.3 is 29.6 Å². The van der Waals surface area contributed by atoms with Gasteiger partial charge in [-0.25, -0.2) is 0 Å². The minimum atomic E-state index is -1.61. The molecule has 0 radical (unpaired) electrons. The Kier molecular flexibility index (Phi) is 3.13. The second-order valence-electron chi connectivity index (χ2n) is 4.24. The Balaban J connectivity index is 2.02. The number of morpholine rings is 1. The van der Waals surface area contributed by atoms with E-state index in [0.29, 0.717) is 30.1 Å². The van der Waals surface area contributed by atoms with Crippen LogP contribution >= 0.6 is 0 Å². The number of nitrogens with one attached hydrogen (secondary N) is 1. The van der Waals surface area contributed by atoms with Gasteiger partial charge in [-0.1, -0.05) is 6.07 Å². The first-order chi connectivity index (χ1) is 8.77. The molecule has 1 unspecified atom stereocenters. The molecule has 1 aromatic rings. The molecule has 0 aromatic heterocycles. The number of ether oxygens (including phenoxy) is 3. The molecule has 2 heterocycles. The summed E-state index contributed by atoms with van der Waals surface area (Å²) in [6.07, 6.45) is -0.204. The van der Waals surface area contributed by atoms with Gasteiger partial charge in [0, 0.05) is 18.6 Å². The fraction of sp³-hybridized carbons (Fsp3) is 0.455. The molecular formula is C11H14BNO5. The van der Waals surface area contributed by atoms with Gasteiger partial charge in [0.2, 0.25) is 6.79 Å². The molecule has 0 aliphatic carbocycles. The zero-order chi connectivity index (χ0) is 12.5. The molecule has 3 rings (SSSR count). The van der Waals surface area contributed by atoms with Crippen LogP contribution in [0.1, 0.15) is 11.7 Å². The van der Waals surface area contributed by atoms with E-state index in [4.69, 9.17) is 14.2 Å². The van der Waals surface area contributed by atoms with Crippen molar-refractivity contribution < 1.29 is 24.3 Å². The summed E-state index contributed by atoms with van der Waals surface area (Å²) in [7, 11) is -1.61. The summed E-state index contributed by atoms with van der Waals surface area (Å²) < 4.78 is 16.2. The molecule has 1 fully saturated rings. The first kappa shape index (κ1) is 11.8. The predicted octanol–water partition coefficient (Wildman–Crippen LogP) is -1.24. The summed E-state index contributed by atoms with van der Waals surface area (Å²) >= 11 is 0. The highest BCUT2D eigenvalue weighted by atomic mass is 16.7. The van der Waals surface area contributed by atoms with Crippen LogP contribution in [0.25, 0.3) is 0 Å². The van der Waals surface area contributed by atoms with E-state index in [-0.39, 0.29) is 12.9 Å². The van der Waals surface area contributed by atoms with Crippen LogP contribution in [0.4, 0.5) is 0 Å². The lowest BCUT2D eigenvalue weighted by Crippen LogP contribution is -2.40. The lowest BCUT2D eigenvalue weighted by atomic mass is 9.74. The minimum absolute atomic E-state index is 0.0995. The maximum Gasteiger partial charge on any atom is 0.492 e. The van der Waals surface area contributed by atoms with Gasteiger partial charge in [0.25, 0.3) is 0 Å². The molecule has 1 aromatic carbocycles. The quantitative estimate of drug-likeness (QED) is 0.570. The van der Waals surface area contributed by atoms with E-state index in [1.54, 1.807) is 12.1 Å².